The Kier molecular flexibility index (Phi) is 12.4. The highest BCUT2D eigenvalue weighted by atomic mass is 19.4. The van der Waals surface area contributed by atoms with Crippen LogP contribution in [0.5, 0.6) is 0 Å². The molecule has 0 spiro atoms. The third-order valence-corrected chi connectivity index (χ3v) is 4.40. The number of halogens is 8. The smallest absolute Gasteiger partial charge is 0.381 e. The highest BCUT2D eigenvalue weighted by molar-refractivity contribution is 5.77. The summed E-state index contributed by atoms with van der Waals surface area (Å²) in [5, 5.41) is 0. The topological polar surface area (TPSA) is 52.6 Å². The average Bonchev–Trinajstić information content (AvgIpc) is 2.67. The van der Waals surface area contributed by atoms with E-state index in [2.05, 4.69) is 11.7 Å². The number of hydrogen-bond acceptors (Lipinski definition) is 4. The van der Waals surface area contributed by atoms with Gasteiger partial charge in [0.05, 0.1) is 18.9 Å². The Morgan fingerprint density at radius 2 is 1.35 bits per heavy atom. The Hall–Kier alpha value is -1.62. The SMILES string of the molecule is CCCCCCCCC(C)OC(=O)CCC(=O)OCC(F)(F)C(F)(F)C(F)(F)C(F)F. The lowest BCUT2D eigenvalue weighted by atomic mass is 10.1. The van der Waals surface area contributed by atoms with Gasteiger partial charge in [-0.3, -0.25) is 9.59 Å². The van der Waals surface area contributed by atoms with E-state index >= 15 is 0 Å². The summed E-state index contributed by atoms with van der Waals surface area (Å²) in [6.07, 6.45) is -0.231. The number of carbonyl (C=O) groups is 2. The maximum Gasteiger partial charge on any atom is 0.381 e. The van der Waals surface area contributed by atoms with Crippen LogP contribution in [-0.4, -0.2) is 48.8 Å². The molecule has 0 aromatic carbocycles. The Morgan fingerprint density at radius 1 is 0.839 bits per heavy atom. The highest BCUT2D eigenvalue weighted by Crippen LogP contribution is 2.48. The van der Waals surface area contributed by atoms with E-state index in [1.807, 2.05) is 0 Å². The molecule has 0 N–H and O–H groups in total. The predicted octanol–water partition coefficient (Wildman–Crippen LogP) is 6.16. The van der Waals surface area contributed by atoms with Crippen molar-refractivity contribution in [1.29, 1.82) is 0 Å². The van der Waals surface area contributed by atoms with Crippen LogP contribution in [0, 0.1) is 0 Å². The van der Waals surface area contributed by atoms with Gasteiger partial charge in [0.1, 0.15) is 0 Å². The van der Waals surface area contributed by atoms with Gasteiger partial charge in [0.15, 0.2) is 6.61 Å². The second kappa shape index (κ2) is 13.0. The number of ether oxygens (including phenoxy) is 2. The Bertz CT molecular complexity index is 555. The Balaban J connectivity index is 4.31. The van der Waals surface area contributed by atoms with Crippen LogP contribution in [-0.2, 0) is 19.1 Å². The van der Waals surface area contributed by atoms with Crippen LogP contribution in [0.1, 0.15) is 71.6 Å². The first-order valence-corrected chi connectivity index (χ1v) is 9.95. The van der Waals surface area contributed by atoms with Gasteiger partial charge in [0.25, 0.3) is 0 Å². The molecule has 0 fully saturated rings. The minimum Gasteiger partial charge on any atom is -0.463 e. The van der Waals surface area contributed by atoms with Crippen molar-refractivity contribution in [3.63, 3.8) is 0 Å². The molecular weight excluding hydrogens is 444 g/mol. The lowest BCUT2D eigenvalue weighted by molar-refractivity contribution is -0.344. The van der Waals surface area contributed by atoms with E-state index in [4.69, 9.17) is 4.74 Å². The number of alkyl halides is 8. The van der Waals surface area contributed by atoms with Gasteiger partial charge in [-0.15, -0.1) is 0 Å². The molecule has 0 saturated carbocycles. The summed E-state index contributed by atoms with van der Waals surface area (Å²) in [4.78, 5) is 23.0. The maximum atomic E-state index is 13.3. The second-order valence-corrected chi connectivity index (χ2v) is 7.22. The molecule has 1 unspecified atom stereocenters. The fourth-order valence-electron chi connectivity index (χ4n) is 2.47. The van der Waals surface area contributed by atoms with Crippen molar-refractivity contribution in [2.24, 2.45) is 0 Å². The minimum atomic E-state index is -6.46. The van der Waals surface area contributed by atoms with Crippen LogP contribution in [0.25, 0.3) is 0 Å². The molecule has 0 aliphatic carbocycles. The largest absolute Gasteiger partial charge is 0.463 e. The molecule has 0 aliphatic heterocycles. The van der Waals surface area contributed by atoms with E-state index in [-0.39, 0.29) is 0 Å². The number of carbonyl (C=O) groups excluding carboxylic acids is 2. The quantitative estimate of drug-likeness (QED) is 0.153. The van der Waals surface area contributed by atoms with Crippen LogP contribution < -0.4 is 0 Å². The van der Waals surface area contributed by atoms with Crippen molar-refractivity contribution in [3.05, 3.63) is 0 Å². The van der Waals surface area contributed by atoms with Crippen molar-refractivity contribution in [2.75, 3.05) is 6.61 Å². The molecule has 0 bridgehead atoms. The number of esters is 2. The van der Waals surface area contributed by atoms with Crippen molar-refractivity contribution in [3.8, 4) is 0 Å². The van der Waals surface area contributed by atoms with Crippen molar-refractivity contribution in [1.82, 2.24) is 0 Å². The Labute approximate surface area is 175 Å². The van der Waals surface area contributed by atoms with Gasteiger partial charge in [0, 0.05) is 0 Å². The number of unbranched alkanes of at least 4 members (excludes halogenated alkanes) is 5. The van der Waals surface area contributed by atoms with Crippen LogP contribution in [0.15, 0.2) is 0 Å². The molecule has 1 atom stereocenters. The monoisotopic (exact) mass is 472 g/mol. The number of hydrogen-bond donors (Lipinski definition) is 0. The van der Waals surface area contributed by atoms with E-state index in [1.165, 1.54) is 0 Å². The summed E-state index contributed by atoms with van der Waals surface area (Å²) in [6, 6.07) is 0. The van der Waals surface area contributed by atoms with Gasteiger partial charge in [-0.2, -0.15) is 26.3 Å². The normalized spacial score (nSPS) is 13.9. The molecule has 0 amide bonds. The summed E-state index contributed by atoms with van der Waals surface area (Å²) >= 11 is 0. The fraction of sp³-hybridized carbons (Fsp3) is 0.895. The van der Waals surface area contributed by atoms with E-state index in [9.17, 15) is 44.7 Å². The molecule has 184 valence electrons. The van der Waals surface area contributed by atoms with Gasteiger partial charge < -0.3 is 9.47 Å². The summed E-state index contributed by atoms with van der Waals surface area (Å²) in [5.74, 6) is -21.0. The second-order valence-electron chi connectivity index (χ2n) is 7.22. The molecule has 4 nitrogen and oxygen atoms in total. The van der Waals surface area contributed by atoms with E-state index < -0.39 is 61.7 Å². The first-order chi connectivity index (χ1) is 14.2. The highest BCUT2D eigenvalue weighted by Gasteiger charge is 2.75. The van der Waals surface area contributed by atoms with Crippen LogP contribution in [0.4, 0.5) is 35.1 Å². The summed E-state index contributed by atoms with van der Waals surface area (Å²) in [5.41, 5.74) is 0. The average molecular weight is 472 g/mol. The number of rotatable bonds is 16. The Morgan fingerprint density at radius 3 is 1.90 bits per heavy atom. The van der Waals surface area contributed by atoms with E-state index in [0.29, 0.717) is 6.42 Å². The summed E-state index contributed by atoms with van der Waals surface area (Å²) in [6.45, 7) is 1.16. The zero-order valence-corrected chi connectivity index (χ0v) is 17.4. The fourth-order valence-corrected chi connectivity index (χ4v) is 2.47. The first kappa shape index (κ1) is 29.4. The van der Waals surface area contributed by atoms with Gasteiger partial charge >= 0.3 is 36.1 Å². The molecular formula is C19H28F8O4. The molecule has 0 heterocycles. The molecule has 0 saturated heterocycles. The van der Waals surface area contributed by atoms with Gasteiger partial charge in [-0.25, -0.2) is 8.78 Å². The molecule has 0 rings (SSSR count). The lowest BCUT2D eigenvalue weighted by Crippen LogP contribution is -2.59. The lowest BCUT2D eigenvalue weighted by Gasteiger charge is -2.31. The maximum absolute atomic E-state index is 13.3. The van der Waals surface area contributed by atoms with Crippen molar-refractivity contribution >= 4 is 11.9 Å². The standard InChI is InChI=1S/C19H28F8O4/c1-3-4-5-6-7-8-9-13(2)31-15(29)11-10-14(28)30-12-17(22,23)19(26,27)18(24,25)16(20)21/h13,16H,3-12H2,1-2H3. The van der Waals surface area contributed by atoms with Crippen LogP contribution in [0.3, 0.4) is 0 Å². The van der Waals surface area contributed by atoms with Crippen LogP contribution in [0.2, 0.25) is 0 Å². The third-order valence-electron chi connectivity index (χ3n) is 4.40. The van der Waals surface area contributed by atoms with Crippen molar-refractivity contribution < 1.29 is 54.2 Å². The third kappa shape index (κ3) is 9.59. The predicted molar refractivity (Wildman–Crippen MR) is 94.6 cm³/mol. The minimum absolute atomic E-state index is 0.464. The molecule has 0 aromatic heterocycles. The molecule has 31 heavy (non-hydrogen) atoms. The van der Waals surface area contributed by atoms with Gasteiger partial charge in [0.2, 0.25) is 0 Å². The van der Waals surface area contributed by atoms with Crippen LogP contribution >= 0.6 is 0 Å². The molecule has 12 heteroatoms. The molecule has 0 aromatic rings. The van der Waals surface area contributed by atoms with Gasteiger partial charge in [-0.05, 0) is 19.8 Å². The van der Waals surface area contributed by atoms with E-state index in [0.717, 1.165) is 38.5 Å². The zero-order chi connectivity index (χ0) is 24.3. The zero-order valence-electron chi connectivity index (χ0n) is 17.4. The molecule has 0 aliphatic rings. The first-order valence-electron chi connectivity index (χ1n) is 9.95. The molecule has 0 radical (unpaired) electrons. The van der Waals surface area contributed by atoms with Crippen molar-refractivity contribution in [2.45, 2.75) is 102 Å². The van der Waals surface area contributed by atoms with Gasteiger partial charge in [-0.1, -0.05) is 39.0 Å². The summed E-state index contributed by atoms with van der Waals surface area (Å²) < 4.78 is 111. The summed E-state index contributed by atoms with van der Waals surface area (Å²) in [7, 11) is 0. The van der Waals surface area contributed by atoms with E-state index in [1.54, 1.807) is 6.92 Å².